The van der Waals surface area contributed by atoms with E-state index in [9.17, 15) is 5.11 Å². The first-order valence-electron chi connectivity index (χ1n) is 10.3. The number of ether oxygens (including phenoxy) is 2. The molecule has 0 saturated heterocycles. The van der Waals surface area contributed by atoms with Crippen LogP contribution in [0.4, 0.5) is 0 Å². The van der Waals surface area contributed by atoms with E-state index in [0.717, 1.165) is 27.7 Å². The topological polar surface area (TPSA) is 69.4 Å². The summed E-state index contributed by atoms with van der Waals surface area (Å²) in [5.41, 5.74) is 4.16. The highest BCUT2D eigenvalue weighted by Gasteiger charge is 2.21. The molecule has 6 nitrogen and oxygen atoms in total. The van der Waals surface area contributed by atoms with Crippen molar-refractivity contribution in [1.29, 1.82) is 0 Å². The molecule has 6 heteroatoms. The number of fused-ring (bicyclic) bond motifs is 1. The molecule has 2 heterocycles. The zero-order chi connectivity index (χ0) is 21.8. The zero-order valence-corrected chi connectivity index (χ0v) is 18.1. The van der Waals surface area contributed by atoms with Crippen molar-refractivity contribution in [2.24, 2.45) is 0 Å². The summed E-state index contributed by atoms with van der Waals surface area (Å²) >= 11 is 0. The molecule has 0 aliphatic heterocycles. The first-order valence-corrected chi connectivity index (χ1v) is 10.3. The Bertz CT molecular complexity index is 1150. The standard InChI is InChI=1S/C25H27N3O3/c1-25(2,29)16-28-15-21(22-23(28)26-17-27-24(22)31-14-13-30-3)20-11-9-19(10-12-20)18-7-5-4-6-8-18/h4-12,15,17,29H,13-14,16H2,1-3H3. The number of nitrogens with zero attached hydrogens (tertiary/aromatic N) is 3. The summed E-state index contributed by atoms with van der Waals surface area (Å²) in [6, 6.07) is 18.7. The minimum absolute atomic E-state index is 0.395. The van der Waals surface area contributed by atoms with Crippen LogP contribution in [0.5, 0.6) is 5.88 Å². The normalized spacial score (nSPS) is 11.7. The summed E-state index contributed by atoms with van der Waals surface area (Å²) in [4.78, 5) is 8.87. The molecule has 0 unspecified atom stereocenters. The number of aromatic nitrogens is 3. The van der Waals surface area contributed by atoms with Crippen LogP contribution < -0.4 is 4.74 Å². The van der Waals surface area contributed by atoms with Crippen molar-refractivity contribution in [3.8, 4) is 28.1 Å². The van der Waals surface area contributed by atoms with E-state index in [1.807, 2.05) is 29.0 Å². The predicted molar refractivity (Wildman–Crippen MR) is 122 cm³/mol. The van der Waals surface area contributed by atoms with Crippen LogP contribution in [0.3, 0.4) is 0 Å². The van der Waals surface area contributed by atoms with Crippen molar-refractivity contribution >= 4 is 11.0 Å². The molecule has 31 heavy (non-hydrogen) atoms. The molecule has 0 spiro atoms. The molecule has 0 bridgehead atoms. The van der Waals surface area contributed by atoms with Crippen molar-refractivity contribution in [3.05, 3.63) is 67.1 Å². The Morgan fingerprint density at radius 1 is 0.903 bits per heavy atom. The lowest BCUT2D eigenvalue weighted by molar-refractivity contribution is 0.0627. The van der Waals surface area contributed by atoms with Crippen LogP contribution in [-0.2, 0) is 11.3 Å². The number of benzene rings is 2. The van der Waals surface area contributed by atoms with Gasteiger partial charge < -0.3 is 19.1 Å². The fraction of sp³-hybridized carbons (Fsp3) is 0.280. The van der Waals surface area contributed by atoms with E-state index in [1.165, 1.54) is 11.9 Å². The van der Waals surface area contributed by atoms with Crippen molar-refractivity contribution in [1.82, 2.24) is 14.5 Å². The Labute approximate surface area is 182 Å². The van der Waals surface area contributed by atoms with Gasteiger partial charge in [-0.2, -0.15) is 0 Å². The third-order valence-electron chi connectivity index (χ3n) is 5.01. The molecule has 2 aromatic heterocycles. The molecule has 0 radical (unpaired) electrons. The van der Waals surface area contributed by atoms with Gasteiger partial charge >= 0.3 is 0 Å². The van der Waals surface area contributed by atoms with Crippen LogP contribution in [0.2, 0.25) is 0 Å². The van der Waals surface area contributed by atoms with Gasteiger partial charge in [-0.05, 0) is 30.5 Å². The molecule has 1 N–H and O–H groups in total. The average molecular weight is 418 g/mol. The second-order valence-electron chi connectivity index (χ2n) is 8.15. The van der Waals surface area contributed by atoms with Gasteiger partial charge in [-0.1, -0.05) is 54.6 Å². The van der Waals surface area contributed by atoms with Gasteiger partial charge in [0.2, 0.25) is 5.88 Å². The zero-order valence-electron chi connectivity index (χ0n) is 18.1. The Hall–Kier alpha value is -3.22. The largest absolute Gasteiger partial charge is 0.475 e. The van der Waals surface area contributed by atoms with Gasteiger partial charge in [-0.3, -0.25) is 0 Å². The fourth-order valence-electron chi connectivity index (χ4n) is 3.66. The highest BCUT2D eigenvalue weighted by Crippen LogP contribution is 2.36. The molecule has 0 amide bonds. The van der Waals surface area contributed by atoms with Crippen LogP contribution >= 0.6 is 0 Å². The van der Waals surface area contributed by atoms with E-state index in [4.69, 9.17) is 9.47 Å². The van der Waals surface area contributed by atoms with E-state index in [0.29, 0.717) is 25.6 Å². The van der Waals surface area contributed by atoms with Gasteiger partial charge in [-0.25, -0.2) is 9.97 Å². The van der Waals surface area contributed by atoms with Gasteiger partial charge in [0, 0.05) is 18.9 Å². The Kier molecular flexibility index (Phi) is 6.02. The van der Waals surface area contributed by atoms with E-state index in [-0.39, 0.29) is 0 Å². The van der Waals surface area contributed by atoms with Gasteiger partial charge in [0.1, 0.15) is 18.6 Å². The van der Waals surface area contributed by atoms with Crippen molar-refractivity contribution in [2.75, 3.05) is 20.3 Å². The second-order valence-corrected chi connectivity index (χ2v) is 8.15. The van der Waals surface area contributed by atoms with Gasteiger partial charge in [0.05, 0.1) is 24.1 Å². The van der Waals surface area contributed by atoms with Gasteiger partial charge in [-0.15, -0.1) is 0 Å². The summed E-state index contributed by atoms with van der Waals surface area (Å²) in [5.74, 6) is 0.513. The van der Waals surface area contributed by atoms with Crippen LogP contribution in [0, 0.1) is 0 Å². The minimum atomic E-state index is -0.887. The van der Waals surface area contributed by atoms with E-state index >= 15 is 0 Å². The molecule has 0 aliphatic carbocycles. The highest BCUT2D eigenvalue weighted by atomic mass is 16.5. The summed E-state index contributed by atoms with van der Waals surface area (Å²) in [6.45, 7) is 4.83. The summed E-state index contributed by atoms with van der Waals surface area (Å²) in [6.07, 6.45) is 3.51. The summed E-state index contributed by atoms with van der Waals surface area (Å²) in [7, 11) is 1.64. The van der Waals surface area contributed by atoms with E-state index in [1.54, 1.807) is 21.0 Å². The molecule has 4 rings (SSSR count). The van der Waals surface area contributed by atoms with E-state index in [2.05, 4.69) is 46.4 Å². The monoisotopic (exact) mass is 417 g/mol. The molecular weight excluding hydrogens is 390 g/mol. The van der Waals surface area contributed by atoms with Gasteiger partial charge in [0.25, 0.3) is 0 Å². The third-order valence-corrected chi connectivity index (χ3v) is 5.01. The Morgan fingerprint density at radius 2 is 1.58 bits per heavy atom. The van der Waals surface area contributed by atoms with Crippen molar-refractivity contribution in [3.63, 3.8) is 0 Å². The van der Waals surface area contributed by atoms with Crippen molar-refractivity contribution in [2.45, 2.75) is 26.0 Å². The molecule has 160 valence electrons. The summed E-state index contributed by atoms with van der Waals surface area (Å²) in [5, 5.41) is 11.2. The SMILES string of the molecule is COCCOc1ncnc2c1c(-c1ccc(-c3ccccc3)cc1)cn2CC(C)(C)O. The maximum absolute atomic E-state index is 10.4. The molecule has 0 fully saturated rings. The Morgan fingerprint density at radius 3 is 2.26 bits per heavy atom. The second kappa shape index (κ2) is 8.88. The maximum atomic E-state index is 10.4. The first kappa shape index (κ1) is 21.0. The molecule has 2 aromatic carbocycles. The number of aliphatic hydroxyl groups is 1. The average Bonchev–Trinajstić information content (AvgIpc) is 3.12. The lowest BCUT2D eigenvalue weighted by atomic mass is 10.0. The highest BCUT2D eigenvalue weighted by molar-refractivity contribution is 5.97. The molecular formula is C25H27N3O3. The van der Waals surface area contributed by atoms with Crippen LogP contribution in [0.25, 0.3) is 33.3 Å². The fourth-order valence-corrected chi connectivity index (χ4v) is 3.66. The van der Waals surface area contributed by atoms with Crippen molar-refractivity contribution < 1.29 is 14.6 Å². The summed E-state index contributed by atoms with van der Waals surface area (Å²) < 4.78 is 13.0. The molecule has 4 aromatic rings. The predicted octanol–water partition coefficient (Wildman–Crippen LogP) is 4.56. The Balaban J connectivity index is 1.80. The van der Waals surface area contributed by atoms with E-state index < -0.39 is 5.60 Å². The third kappa shape index (κ3) is 4.76. The minimum Gasteiger partial charge on any atom is -0.475 e. The maximum Gasteiger partial charge on any atom is 0.226 e. The van der Waals surface area contributed by atoms with Crippen LogP contribution in [-0.4, -0.2) is 45.6 Å². The van der Waals surface area contributed by atoms with Crippen LogP contribution in [0.15, 0.2) is 67.1 Å². The number of methoxy groups -OCH3 is 1. The number of hydrogen-bond donors (Lipinski definition) is 1. The molecule has 0 atom stereocenters. The number of rotatable bonds is 8. The number of hydrogen-bond acceptors (Lipinski definition) is 5. The van der Waals surface area contributed by atoms with Crippen LogP contribution in [0.1, 0.15) is 13.8 Å². The molecule has 0 aliphatic rings. The lowest BCUT2D eigenvalue weighted by Crippen LogP contribution is -2.25. The van der Waals surface area contributed by atoms with Gasteiger partial charge in [0.15, 0.2) is 0 Å². The first-order chi connectivity index (χ1) is 15.0. The molecule has 0 saturated carbocycles. The smallest absolute Gasteiger partial charge is 0.226 e. The lowest BCUT2D eigenvalue weighted by Gasteiger charge is -2.18. The quantitative estimate of drug-likeness (QED) is 0.426.